The molecule has 4 unspecified atom stereocenters. The van der Waals surface area contributed by atoms with Crippen LogP contribution in [0.5, 0.6) is 0 Å². The summed E-state index contributed by atoms with van der Waals surface area (Å²) < 4.78 is 31.1. The fraction of sp³-hybridized carbons (Fsp3) is 0.444. The van der Waals surface area contributed by atoms with E-state index in [4.69, 9.17) is 0 Å². The molecule has 1 aromatic carbocycles. The van der Waals surface area contributed by atoms with Gasteiger partial charge in [0.15, 0.2) is 17.5 Å². The molecule has 3 aromatic rings. The number of carbonyl (C=O) groups excluding carboxylic acids is 2. The first-order chi connectivity index (χ1) is 18.4. The predicted molar refractivity (Wildman–Crippen MR) is 133 cm³/mol. The van der Waals surface area contributed by atoms with Crippen molar-refractivity contribution in [1.29, 1.82) is 0 Å². The number of aromatic nitrogens is 4. The summed E-state index contributed by atoms with van der Waals surface area (Å²) in [5, 5.41) is 8.33. The number of carbonyl (C=O) groups is 2. The number of hydrogen-bond acceptors (Lipinski definition) is 6. The van der Waals surface area contributed by atoms with Crippen LogP contribution in [0, 0.1) is 23.5 Å². The molecule has 11 heteroatoms. The average Bonchev–Trinajstić information content (AvgIpc) is 3.36. The summed E-state index contributed by atoms with van der Waals surface area (Å²) in [6, 6.07) is 7.22. The molecule has 0 bridgehead atoms. The molecule has 1 saturated heterocycles. The summed E-state index contributed by atoms with van der Waals surface area (Å²) in [6.07, 6.45) is 6.06. The summed E-state index contributed by atoms with van der Waals surface area (Å²) >= 11 is 0. The lowest BCUT2D eigenvalue weighted by atomic mass is 9.72. The van der Waals surface area contributed by atoms with Crippen LogP contribution in [0.15, 0.2) is 36.5 Å². The molecule has 1 aliphatic carbocycles. The molecule has 3 aliphatic rings. The summed E-state index contributed by atoms with van der Waals surface area (Å²) in [6.45, 7) is 2.29. The van der Waals surface area contributed by atoms with Crippen LogP contribution in [-0.4, -0.2) is 49.0 Å². The first kappa shape index (κ1) is 24.6. The monoisotopic (exact) mass is 521 g/mol. The Kier molecular flexibility index (Phi) is 6.38. The van der Waals surface area contributed by atoms with Crippen molar-refractivity contribution in [2.75, 3.05) is 6.54 Å². The summed E-state index contributed by atoms with van der Waals surface area (Å²) in [5.41, 5.74) is 6.87. The number of amides is 2. The van der Waals surface area contributed by atoms with Crippen LogP contribution in [0.3, 0.4) is 0 Å². The Labute approximate surface area is 218 Å². The van der Waals surface area contributed by atoms with Gasteiger partial charge in [0.2, 0.25) is 5.91 Å². The molecule has 2 fully saturated rings. The van der Waals surface area contributed by atoms with Crippen LogP contribution >= 0.6 is 0 Å². The Morgan fingerprint density at radius 1 is 1.13 bits per heavy atom. The molecule has 1 saturated carbocycles. The van der Waals surface area contributed by atoms with Crippen molar-refractivity contribution in [2.24, 2.45) is 11.8 Å². The van der Waals surface area contributed by atoms with Crippen molar-refractivity contribution in [1.82, 2.24) is 35.5 Å². The van der Waals surface area contributed by atoms with Gasteiger partial charge in [-0.2, -0.15) is 0 Å². The molecule has 9 nitrogen and oxygen atoms in total. The quantitative estimate of drug-likeness (QED) is 0.547. The number of fused-ring (bicyclic) bond motifs is 2. The van der Waals surface area contributed by atoms with E-state index in [0.717, 1.165) is 31.2 Å². The fourth-order valence-corrected chi connectivity index (χ4v) is 6.22. The Morgan fingerprint density at radius 3 is 2.82 bits per heavy atom. The van der Waals surface area contributed by atoms with Gasteiger partial charge in [0.1, 0.15) is 11.5 Å². The Bertz CT molecular complexity index is 1390. The van der Waals surface area contributed by atoms with E-state index in [-0.39, 0.29) is 54.2 Å². The maximum Gasteiger partial charge on any atom is 0.257 e. The molecule has 2 aromatic heterocycles. The first-order valence-corrected chi connectivity index (χ1v) is 13.1. The van der Waals surface area contributed by atoms with Crippen molar-refractivity contribution >= 4 is 11.8 Å². The normalized spacial score (nSPS) is 24.9. The topological polar surface area (TPSA) is 105 Å². The van der Waals surface area contributed by atoms with E-state index in [1.807, 2.05) is 6.92 Å². The third kappa shape index (κ3) is 4.34. The van der Waals surface area contributed by atoms with E-state index in [1.54, 1.807) is 21.6 Å². The van der Waals surface area contributed by atoms with Gasteiger partial charge in [-0.05, 0) is 61.9 Å². The van der Waals surface area contributed by atoms with Crippen molar-refractivity contribution < 1.29 is 18.4 Å². The Balaban J connectivity index is 1.22. The molecular weight excluding hydrogens is 492 g/mol. The molecule has 38 heavy (non-hydrogen) atoms. The van der Waals surface area contributed by atoms with Gasteiger partial charge in [0.05, 0.1) is 18.2 Å². The van der Waals surface area contributed by atoms with Crippen LogP contribution in [-0.2, 0) is 17.8 Å². The molecule has 2 N–H and O–H groups in total. The minimum atomic E-state index is -0.588. The van der Waals surface area contributed by atoms with Gasteiger partial charge in [-0.15, -0.1) is 10.2 Å². The summed E-state index contributed by atoms with van der Waals surface area (Å²) in [4.78, 5) is 31.5. The lowest BCUT2D eigenvalue weighted by Crippen LogP contribution is -2.60. The highest BCUT2D eigenvalue weighted by molar-refractivity contribution is 5.94. The predicted octanol–water partition coefficient (Wildman–Crippen LogP) is 3.19. The zero-order valence-electron chi connectivity index (χ0n) is 21.0. The molecule has 4 atom stereocenters. The van der Waals surface area contributed by atoms with Crippen LogP contribution in [0.1, 0.15) is 60.4 Å². The van der Waals surface area contributed by atoms with Crippen molar-refractivity contribution in [3.05, 3.63) is 65.1 Å². The number of hydrogen-bond donors (Lipinski definition) is 2. The second kappa shape index (κ2) is 9.86. The smallest absolute Gasteiger partial charge is 0.257 e. The van der Waals surface area contributed by atoms with E-state index in [1.165, 1.54) is 24.4 Å². The highest BCUT2D eigenvalue weighted by atomic mass is 19.1. The lowest BCUT2D eigenvalue weighted by molar-refractivity contribution is -0.133. The number of rotatable bonds is 4. The van der Waals surface area contributed by atoms with E-state index in [0.29, 0.717) is 18.1 Å². The fourth-order valence-electron chi connectivity index (χ4n) is 6.22. The van der Waals surface area contributed by atoms with E-state index >= 15 is 0 Å². The summed E-state index contributed by atoms with van der Waals surface area (Å²) in [7, 11) is 0. The lowest BCUT2D eigenvalue weighted by Gasteiger charge is -2.41. The second-order valence-electron chi connectivity index (χ2n) is 10.5. The third-order valence-electron chi connectivity index (χ3n) is 8.05. The number of benzene rings is 1. The molecule has 4 heterocycles. The highest BCUT2D eigenvalue weighted by Gasteiger charge is 2.40. The third-order valence-corrected chi connectivity index (χ3v) is 8.05. The van der Waals surface area contributed by atoms with Crippen LogP contribution in [0.25, 0.3) is 11.5 Å². The van der Waals surface area contributed by atoms with Crippen molar-refractivity contribution in [2.45, 2.75) is 57.7 Å². The molecule has 0 radical (unpaired) electrons. The minimum absolute atomic E-state index is 0.00121. The average molecular weight is 522 g/mol. The zero-order chi connectivity index (χ0) is 26.4. The molecular formula is C27H29F2N7O2. The van der Waals surface area contributed by atoms with E-state index in [9.17, 15) is 18.4 Å². The van der Waals surface area contributed by atoms with Gasteiger partial charge in [-0.1, -0.05) is 18.9 Å². The SMILES string of the molecule is CC1CN(C(=O)c2cc(CC3NNC(=O)C4CCCCC34)ccc2F)Cc2nnc(-c3ncccc3F)n21. The van der Waals surface area contributed by atoms with E-state index in [2.05, 4.69) is 26.0 Å². The number of nitrogens with zero attached hydrogens (tertiary/aromatic N) is 5. The van der Waals surface area contributed by atoms with Crippen LogP contribution in [0.4, 0.5) is 8.78 Å². The maximum atomic E-state index is 14.9. The molecule has 0 spiro atoms. The van der Waals surface area contributed by atoms with Gasteiger partial charge in [-0.25, -0.2) is 19.2 Å². The number of hydrazine groups is 1. The molecule has 2 aliphatic heterocycles. The second-order valence-corrected chi connectivity index (χ2v) is 10.5. The van der Waals surface area contributed by atoms with Gasteiger partial charge < -0.3 is 9.47 Å². The zero-order valence-corrected chi connectivity index (χ0v) is 21.0. The number of halogens is 2. The van der Waals surface area contributed by atoms with Gasteiger partial charge in [-0.3, -0.25) is 15.0 Å². The Morgan fingerprint density at radius 2 is 1.97 bits per heavy atom. The van der Waals surface area contributed by atoms with Crippen LogP contribution in [0.2, 0.25) is 0 Å². The van der Waals surface area contributed by atoms with Crippen molar-refractivity contribution in [3.63, 3.8) is 0 Å². The Hall–Kier alpha value is -3.73. The molecule has 198 valence electrons. The maximum absolute atomic E-state index is 14.9. The van der Waals surface area contributed by atoms with E-state index < -0.39 is 17.5 Å². The van der Waals surface area contributed by atoms with Gasteiger partial charge in [0, 0.05) is 24.7 Å². The van der Waals surface area contributed by atoms with Gasteiger partial charge in [0.25, 0.3) is 5.91 Å². The minimum Gasteiger partial charge on any atom is -0.329 e. The standard InChI is InChI=1S/C27H29F2N7O2/c1-15-13-35(14-23-32-33-25(36(15)23)24-21(29)7-4-10-30-24)27(38)19-11-16(8-9-20(19)28)12-22-17-5-2-3-6-18(17)26(37)34-31-22/h4,7-11,15,17-18,22,31H,2-3,5-6,12-14H2,1H3,(H,34,37). The highest BCUT2D eigenvalue weighted by Crippen LogP contribution is 2.35. The molecule has 6 rings (SSSR count). The largest absolute Gasteiger partial charge is 0.329 e. The number of pyridine rings is 1. The molecule has 2 amide bonds. The van der Waals surface area contributed by atoms with Gasteiger partial charge >= 0.3 is 0 Å². The first-order valence-electron chi connectivity index (χ1n) is 13.1. The van der Waals surface area contributed by atoms with Crippen LogP contribution < -0.4 is 10.9 Å². The number of nitrogens with one attached hydrogen (secondary N) is 2. The van der Waals surface area contributed by atoms with Crippen molar-refractivity contribution in [3.8, 4) is 11.5 Å². The summed E-state index contributed by atoms with van der Waals surface area (Å²) in [5.74, 6) is -0.479.